The molecule has 0 bridgehead atoms. The number of hydrogen-bond donors (Lipinski definition) is 1. The van der Waals surface area contributed by atoms with Crippen LogP contribution >= 0.6 is 0 Å². The van der Waals surface area contributed by atoms with Gasteiger partial charge in [-0.1, -0.05) is 121 Å². The van der Waals surface area contributed by atoms with Crippen LogP contribution in [0.3, 0.4) is 0 Å². The molecule has 1 saturated carbocycles. The van der Waals surface area contributed by atoms with E-state index in [1.54, 1.807) is 0 Å². The predicted octanol–water partition coefficient (Wildman–Crippen LogP) is 6.25. The van der Waals surface area contributed by atoms with Crippen molar-refractivity contribution in [2.75, 3.05) is 19.8 Å². The largest absolute Gasteiger partial charge is 0.461 e. The van der Waals surface area contributed by atoms with Crippen molar-refractivity contribution in [1.29, 1.82) is 0 Å². The van der Waals surface area contributed by atoms with Crippen molar-refractivity contribution >= 4 is 7.12 Å². The van der Waals surface area contributed by atoms with Gasteiger partial charge in [-0.15, -0.1) is 0 Å². The highest BCUT2D eigenvalue weighted by Crippen LogP contribution is 2.49. The van der Waals surface area contributed by atoms with Gasteiger partial charge in [-0.25, -0.2) is 0 Å². The van der Waals surface area contributed by atoms with E-state index in [9.17, 15) is 5.11 Å². The van der Waals surface area contributed by atoms with Gasteiger partial charge < -0.3 is 23.9 Å². The summed E-state index contributed by atoms with van der Waals surface area (Å²) in [5.41, 5.74) is 4.36. The second kappa shape index (κ2) is 12.9. The average Bonchev–Trinajstić information content (AvgIpc) is 3.71. The van der Waals surface area contributed by atoms with Crippen LogP contribution in [0.2, 0.25) is 5.82 Å². The molecule has 6 heteroatoms. The molecule has 0 radical (unpaired) electrons. The highest BCUT2D eigenvalue weighted by atomic mass is 16.7. The third kappa shape index (κ3) is 6.38. The summed E-state index contributed by atoms with van der Waals surface area (Å²) in [6.07, 6.45) is -0.132. The van der Waals surface area contributed by atoms with Crippen molar-refractivity contribution in [3.8, 4) is 0 Å². The Bertz CT molecular complexity index is 1130. The molecule has 1 saturated heterocycles. The van der Waals surface area contributed by atoms with Crippen molar-refractivity contribution in [2.45, 2.75) is 36.7 Å². The molecule has 4 aromatic rings. The van der Waals surface area contributed by atoms with Crippen molar-refractivity contribution in [2.24, 2.45) is 5.92 Å². The molecule has 5 nitrogen and oxygen atoms in total. The lowest BCUT2D eigenvalue weighted by molar-refractivity contribution is -0.0321. The molecule has 0 unspecified atom stereocenters. The van der Waals surface area contributed by atoms with E-state index >= 15 is 0 Å². The Labute approximate surface area is 236 Å². The van der Waals surface area contributed by atoms with Gasteiger partial charge in [0, 0.05) is 6.61 Å². The maximum absolute atomic E-state index is 9.66. The maximum Gasteiger partial charge on any atom is 0.461 e. The van der Waals surface area contributed by atoms with Gasteiger partial charge in [0.25, 0.3) is 0 Å². The molecule has 1 aliphatic heterocycles. The first kappa shape index (κ1) is 26.9. The van der Waals surface area contributed by atoms with Crippen LogP contribution in [0.1, 0.15) is 40.9 Å². The quantitative estimate of drug-likeness (QED) is 0.218. The van der Waals surface area contributed by atoms with E-state index in [1.165, 1.54) is 0 Å². The third-order valence-corrected chi connectivity index (χ3v) is 7.86. The van der Waals surface area contributed by atoms with Gasteiger partial charge >= 0.3 is 7.12 Å². The number of ether oxygens (including phenoxy) is 2. The van der Waals surface area contributed by atoms with Crippen LogP contribution in [0, 0.1) is 5.92 Å². The van der Waals surface area contributed by atoms with Crippen molar-refractivity contribution < 1.29 is 23.9 Å². The summed E-state index contributed by atoms with van der Waals surface area (Å²) in [7, 11) is -0.363. The van der Waals surface area contributed by atoms with E-state index in [0.29, 0.717) is 13.2 Å². The molecule has 4 atom stereocenters. The van der Waals surface area contributed by atoms with Gasteiger partial charge in [0.05, 0.1) is 25.4 Å². The molecule has 6 rings (SSSR count). The Morgan fingerprint density at radius 1 is 0.600 bits per heavy atom. The first-order valence-electron chi connectivity index (χ1n) is 14.1. The summed E-state index contributed by atoms with van der Waals surface area (Å²) in [5.74, 6) is 0.435. The zero-order valence-corrected chi connectivity index (χ0v) is 22.5. The number of aliphatic hydroxyl groups is 1. The Morgan fingerprint density at radius 3 is 1.25 bits per heavy atom. The first-order valence-corrected chi connectivity index (χ1v) is 14.1. The molecular weight excluding hydrogens is 499 g/mol. The van der Waals surface area contributed by atoms with Crippen LogP contribution in [0.5, 0.6) is 0 Å². The highest BCUT2D eigenvalue weighted by molar-refractivity contribution is 6.48. The zero-order valence-electron chi connectivity index (χ0n) is 22.5. The Hall–Kier alpha value is -3.26. The second-order valence-corrected chi connectivity index (χ2v) is 10.6. The molecule has 0 aromatic heterocycles. The Kier molecular flexibility index (Phi) is 8.72. The van der Waals surface area contributed by atoms with Crippen LogP contribution in [0.25, 0.3) is 0 Å². The lowest BCUT2D eigenvalue weighted by Gasteiger charge is -2.25. The minimum atomic E-state index is -0.363. The Morgan fingerprint density at radius 2 is 0.950 bits per heavy atom. The fourth-order valence-electron chi connectivity index (χ4n) is 5.52. The summed E-state index contributed by atoms with van der Waals surface area (Å²) in [5, 5.41) is 9.66. The Balaban J connectivity index is 1.20. The summed E-state index contributed by atoms with van der Waals surface area (Å²) in [6, 6.07) is 41.1. The minimum absolute atomic E-state index is 0.157. The number of aliphatic hydroxyl groups excluding tert-OH is 1. The van der Waals surface area contributed by atoms with Crippen molar-refractivity contribution in [1.82, 2.24) is 0 Å². The molecule has 1 N–H and O–H groups in total. The monoisotopic (exact) mass is 534 g/mol. The van der Waals surface area contributed by atoms with Gasteiger partial charge in [0.15, 0.2) is 0 Å². The van der Waals surface area contributed by atoms with Crippen LogP contribution in [0.4, 0.5) is 0 Å². The van der Waals surface area contributed by atoms with E-state index in [4.69, 9.17) is 18.8 Å². The van der Waals surface area contributed by atoms with Crippen LogP contribution in [0.15, 0.2) is 121 Å². The topological polar surface area (TPSA) is 57.2 Å². The normalized spacial score (nSPS) is 22.2. The number of rotatable bonds is 12. The van der Waals surface area contributed by atoms with E-state index in [0.717, 1.165) is 28.7 Å². The molecule has 0 amide bonds. The summed E-state index contributed by atoms with van der Waals surface area (Å²) in [4.78, 5) is 0. The fraction of sp³-hybridized carbons (Fsp3) is 0.294. The second-order valence-electron chi connectivity index (χ2n) is 10.6. The summed E-state index contributed by atoms with van der Waals surface area (Å²) in [6.45, 7) is 0.873. The lowest BCUT2D eigenvalue weighted by Crippen LogP contribution is -2.33. The fourth-order valence-corrected chi connectivity index (χ4v) is 5.52. The van der Waals surface area contributed by atoms with Crippen LogP contribution in [-0.2, 0) is 18.8 Å². The van der Waals surface area contributed by atoms with E-state index in [2.05, 4.69) is 48.5 Å². The highest BCUT2D eigenvalue weighted by Gasteiger charge is 2.54. The zero-order chi connectivity index (χ0) is 27.1. The van der Waals surface area contributed by atoms with Crippen molar-refractivity contribution in [3.05, 3.63) is 144 Å². The molecule has 1 aliphatic carbocycles. The van der Waals surface area contributed by atoms with Gasteiger partial charge in [-0.3, -0.25) is 0 Å². The molecule has 2 aliphatic rings. The first-order chi connectivity index (χ1) is 19.8. The van der Waals surface area contributed by atoms with Gasteiger partial charge in [-0.2, -0.15) is 0 Å². The van der Waals surface area contributed by atoms with E-state index in [1.807, 2.05) is 72.8 Å². The predicted molar refractivity (Wildman–Crippen MR) is 156 cm³/mol. The van der Waals surface area contributed by atoms with Crippen molar-refractivity contribution in [3.63, 3.8) is 0 Å². The van der Waals surface area contributed by atoms with Gasteiger partial charge in [-0.05, 0) is 40.4 Å². The van der Waals surface area contributed by atoms with E-state index < -0.39 is 0 Å². The summed E-state index contributed by atoms with van der Waals surface area (Å²) >= 11 is 0. The minimum Gasteiger partial charge on any atom is -0.403 e. The molecule has 2 fully saturated rings. The van der Waals surface area contributed by atoms with E-state index in [-0.39, 0.29) is 49.9 Å². The third-order valence-electron chi connectivity index (χ3n) is 7.86. The smallest absolute Gasteiger partial charge is 0.403 e. The molecule has 204 valence electrons. The lowest BCUT2D eigenvalue weighted by atomic mass is 9.81. The van der Waals surface area contributed by atoms with Gasteiger partial charge in [0.2, 0.25) is 0 Å². The summed E-state index contributed by atoms with van der Waals surface area (Å²) < 4.78 is 26.1. The van der Waals surface area contributed by atoms with Crippen LogP contribution < -0.4 is 0 Å². The average molecular weight is 534 g/mol. The molecule has 40 heavy (non-hydrogen) atoms. The van der Waals surface area contributed by atoms with Gasteiger partial charge in [0.1, 0.15) is 12.2 Å². The molecular formula is C34H35BO5. The number of hydrogen-bond acceptors (Lipinski definition) is 5. The number of benzene rings is 4. The molecule has 4 aromatic carbocycles. The maximum atomic E-state index is 9.66. The van der Waals surface area contributed by atoms with Crippen LogP contribution in [-0.4, -0.2) is 44.3 Å². The molecule has 0 spiro atoms. The standard InChI is InChI=1S/C34H35BO5/c36-22-29-21-30(29)35-39-31(23-37-33(25-13-5-1-6-14-25)26-15-7-2-8-16-26)32(40-35)24-38-34(27-17-9-3-10-18-27)28-19-11-4-12-20-28/h1-20,29-34,36H,21-24H2/t29-,30+,31-,32-/m1/s1. The molecule has 1 heterocycles. The SMILES string of the molecule is OC[C@H]1C[C@@H]1B1O[C@H](COC(c2ccccc2)c2ccccc2)[C@@H](COC(c2ccccc2)c2ccccc2)O1.